The first-order valence-electron chi connectivity index (χ1n) is 10.3. The normalized spacial score (nSPS) is 14.8. The summed E-state index contributed by atoms with van der Waals surface area (Å²) in [6, 6.07) is 6.85. The number of anilines is 1. The van der Waals surface area contributed by atoms with Crippen molar-refractivity contribution in [3.05, 3.63) is 47.5 Å². The molecule has 8 nitrogen and oxygen atoms in total. The molecular weight excluding hydrogens is 433 g/mol. The van der Waals surface area contributed by atoms with Crippen LogP contribution in [0.5, 0.6) is 0 Å². The van der Waals surface area contributed by atoms with Crippen LogP contribution in [0.15, 0.2) is 30.5 Å². The topological polar surface area (TPSA) is 115 Å². The maximum atomic E-state index is 14.4. The van der Waals surface area contributed by atoms with Crippen molar-refractivity contribution < 1.29 is 17.6 Å². The van der Waals surface area contributed by atoms with Crippen LogP contribution >= 0.6 is 0 Å². The SMILES string of the molecule is CC(C)c1cc(F)cc(-c2ccnc(C#N)c2)c1NC(=O)NS(=O)(=O)C1CN(C(C)C)C1. The first-order chi connectivity index (χ1) is 15.0. The molecule has 10 heteroatoms. The van der Waals surface area contributed by atoms with Gasteiger partial charge in [0.25, 0.3) is 0 Å². The summed E-state index contributed by atoms with van der Waals surface area (Å²) in [5.41, 5.74) is 1.71. The second kappa shape index (κ2) is 9.22. The number of hydrogen-bond acceptors (Lipinski definition) is 6. The minimum Gasteiger partial charge on any atom is -0.306 e. The first kappa shape index (κ1) is 23.6. The lowest BCUT2D eigenvalue weighted by molar-refractivity contribution is 0.141. The highest BCUT2D eigenvalue weighted by Crippen LogP contribution is 2.36. The van der Waals surface area contributed by atoms with E-state index in [2.05, 4.69) is 15.0 Å². The highest BCUT2D eigenvalue weighted by Gasteiger charge is 2.39. The predicted molar refractivity (Wildman–Crippen MR) is 120 cm³/mol. The molecule has 2 aromatic rings. The van der Waals surface area contributed by atoms with E-state index in [-0.39, 0.29) is 23.3 Å². The van der Waals surface area contributed by atoms with Gasteiger partial charge in [-0.1, -0.05) is 13.8 Å². The zero-order chi connectivity index (χ0) is 23.6. The number of carbonyl (C=O) groups excluding carboxylic acids is 1. The van der Waals surface area contributed by atoms with Crippen molar-refractivity contribution in [3.8, 4) is 17.2 Å². The minimum atomic E-state index is -3.87. The van der Waals surface area contributed by atoms with E-state index in [9.17, 15) is 17.6 Å². The number of rotatable bonds is 6. The summed E-state index contributed by atoms with van der Waals surface area (Å²) in [6.45, 7) is 8.33. The number of nitrogens with zero attached hydrogens (tertiary/aromatic N) is 3. The van der Waals surface area contributed by atoms with Crippen molar-refractivity contribution in [1.82, 2.24) is 14.6 Å². The van der Waals surface area contributed by atoms with Crippen LogP contribution in [-0.4, -0.2) is 48.7 Å². The van der Waals surface area contributed by atoms with Gasteiger partial charge in [0.05, 0.1) is 5.69 Å². The number of likely N-dealkylation sites (tertiary alicyclic amines) is 1. The number of sulfonamides is 1. The monoisotopic (exact) mass is 459 g/mol. The van der Waals surface area contributed by atoms with Crippen LogP contribution in [0.2, 0.25) is 0 Å². The standard InChI is InChI=1S/C22H26FN5O3S/c1-13(2)19-8-16(23)9-20(15-5-6-25-17(7-15)10-24)21(19)26-22(29)27-32(30,31)18-11-28(12-18)14(3)4/h5-9,13-14,18H,11-12H2,1-4H3,(H2,26,27,29). The predicted octanol–water partition coefficient (Wildman–Crippen LogP) is 3.43. The van der Waals surface area contributed by atoms with Crippen LogP contribution in [0.25, 0.3) is 11.1 Å². The van der Waals surface area contributed by atoms with Gasteiger partial charge in [0.15, 0.2) is 0 Å². The van der Waals surface area contributed by atoms with Gasteiger partial charge in [0, 0.05) is 30.9 Å². The molecular formula is C22H26FN5O3S. The molecule has 0 saturated carbocycles. The minimum absolute atomic E-state index is 0.135. The number of amides is 2. The molecule has 0 bridgehead atoms. The van der Waals surface area contributed by atoms with E-state index in [4.69, 9.17) is 5.26 Å². The molecule has 1 aromatic heterocycles. The summed E-state index contributed by atoms with van der Waals surface area (Å²) in [4.78, 5) is 18.6. The van der Waals surface area contributed by atoms with Crippen LogP contribution in [0, 0.1) is 17.1 Å². The van der Waals surface area contributed by atoms with Crippen molar-refractivity contribution in [3.63, 3.8) is 0 Å². The third kappa shape index (κ3) is 5.06. The van der Waals surface area contributed by atoms with E-state index in [0.29, 0.717) is 29.8 Å². The quantitative estimate of drug-likeness (QED) is 0.684. The molecule has 3 rings (SSSR count). The summed E-state index contributed by atoms with van der Waals surface area (Å²) in [6.07, 6.45) is 1.42. The van der Waals surface area contributed by atoms with E-state index in [0.717, 1.165) is 0 Å². The fraction of sp³-hybridized carbons (Fsp3) is 0.409. The van der Waals surface area contributed by atoms with Gasteiger partial charge in [-0.3, -0.25) is 4.90 Å². The zero-order valence-electron chi connectivity index (χ0n) is 18.4. The molecule has 2 N–H and O–H groups in total. The summed E-state index contributed by atoms with van der Waals surface area (Å²) in [5.74, 6) is -0.680. The number of urea groups is 1. The maximum Gasteiger partial charge on any atom is 0.332 e. The Bertz CT molecular complexity index is 1170. The van der Waals surface area contributed by atoms with Gasteiger partial charge in [-0.15, -0.1) is 0 Å². The van der Waals surface area contributed by atoms with E-state index >= 15 is 0 Å². The van der Waals surface area contributed by atoms with Gasteiger partial charge in [-0.25, -0.2) is 27.3 Å². The Kier molecular flexibility index (Phi) is 6.81. The van der Waals surface area contributed by atoms with Crippen molar-refractivity contribution in [2.75, 3.05) is 18.4 Å². The van der Waals surface area contributed by atoms with Crippen molar-refractivity contribution >= 4 is 21.7 Å². The Labute approximate surface area is 187 Å². The summed E-state index contributed by atoms with van der Waals surface area (Å²) in [7, 11) is -3.87. The lowest BCUT2D eigenvalue weighted by Gasteiger charge is -2.41. The molecule has 0 aliphatic carbocycles. The van der Waals surface area contributed by atoms with E-state index in [1.165, 1.54) is 24.4 Å². The molecule has 1 aliphatic rings. The van der Waals surface area contributed by atoms with Gasteiger partial charge < -0.3 is 5.32 Å². The number of carbonyl (C=O) groups is 1. The molecule has 1 aliphatic heterocycles. The Morgan fingerprint density at radius 3 is 2.53 bits per heavy atom. The Morgan fingerprint density at radius 1 is 1.25 bits per heavy atom. The molecule has 0 unspecified atom stereocenters. The highest BCUT2D eigenvalue weighted by molar-refractivity contribution is 7.90. The average molecular weight is 460 g/mol. The molecule has 0 atom stereocenters. The summed E-state index contributed by atoms with van der Waals surface area (Å²) >= 11 is 0. The third-order valence-electron chi connectivity index (χ3n) is 5.46. The van der Waals surface area contributed by atoms with Gasteiger partial charge in [0.1, 0.15) is 22.8 Å². The fourth-order valence-corrected chi connectivity index (χ4v) is 4.80. The Hall–Kier alpha value is -3.03. The largest absolute Gasteiger partial charge is 0.332 e. The van der Waals surface area contributed by atoms with Gasteiger partial charge in [0.2, 0.25) is 10.0 Å². The number of benzene rings is 1. The molecule has 1 fully saturated rings. The Balaban J connectivity index is 1.91. The van der Waals surface area contributed by atoms with E-state index in [1.54, 1.807) is 6.07 Å². The summed E-state index contributed by atoms with van der Waals surface area (Å²) < 4.78 is 41.7. The van der Waals surface area contributed by atoms with Crippen LogP contribution < -0.4 is 10.0 Å². The highest BCUT2D eigenvalue weighted by atomic mass is 32.2. The summed E-state index contributed by atoms with van der Waals surface area (Å²) in [5, 5.41) is 11.1. The second-order valence-corrected chi connectivity index (χ2v) is 10.3. The molecule has 0 radical (unpaired) electrons. The van der Waals surface area contributed by atoms with Crippen LogP contribution in [0.1, 0.15) is 44.9 Å². The fourth-order valence-electron chi connectivity index (χ4n) is 3.55. The van der Waals surface area contributed by atoms with Crippen molar-refractivity contribution in [1.29, 1.82) is 5.26 Å². The Morgan fingerprint density at radius 2 is 1.94 bits per heavy atom. The van der Waals surface area contributed by atoms with Crippen LogP contribution in [-0.2, 0) is 10.0 Å². The number of nitriles is 1. The van der Waals surface area contributed by atoms with E-state index < -0.39 is 27.1 Å². The first-order valence-corrected chi connectivity index (χ1v) is 11.8. The molecule has 32 heavy (non-hydrogen) atoms. The lowest BCUT2D eigenvalue weighted by atomic mass is 9.94. The van der Waals surface area contributed by atoms with Gasteiger partial charge in [-0.2, -0.15) is 5.26 Å². The van der Waals surface area contributed by atoms with Crippen molar-refractivity contribution in [2.24, 2.45) is 0 Å². The molecule has 2 amide bonds. The average Bonchev–Trinajstić information content (AvgIpc) is 2.66. The zero-order valence-corrected chi connectivity index (χ0v) is 19.2. The lowest BCUT2D eigenvalue weighted by Crippen LogP contribution is -2.60. The van der Waals surface area contributed by atoms with Crippen LogP contribution in [0.4, 0.5) is 14.9 Å². The molecule has 170 valence electrons. The molecule has 1 aromatic carbocycles. The smallest absolute Gasteiger partial charge is 0.306 e. The molecule has 1 saturated heterocycles. The second-order valence-electron chi connectivity index (χ2n) is 8.38. The number of halogens is 1. The molecule has 2 heterocycles. The van der Waals surface area contributed by atoms with Crippen LogP contribution in [0.3, 0.4) is 0 Å². The number of aromatic nitrogens is 1. The van der Waals surface area contributed by atoms with Crippen molar-refractivity contribution in [2.45, 2.75) is 44.9 Å². The molecule has 0 spiro atoms. The van der Waals surface area contributed by atoms with Gasteiger partial charge in [-0.05, 0) is 55.2 Å². The van der Waals surface area contributed by atoms with Gasteiger partial charge >= 0.3 is 6.03 Å². The number of hydrogen-bond donors (Lipinski definition) is 2. The third-order valence-corrected chi connectivity index (χ3v) is 7.11. The maximum absolute atomic E-state index is 14.4. The number of pyridine rings is 1. The number of nitrogens with one attached hydrogen (secondary N) is 2. The van der Waals surface area contributed by atoms with E-state index in [1.807, 2.05) is 38.7 Å².